The molecule has 4 heteroatoms. The summed E-state index contributed by atoms with van der Waals surface area (Å²) in [4.78, 5) is 18.1. The Bertz CT molecular complexity index is 1250. The third kappa shape index (κ3) is 2.99. The number of pyridine rings is 1. The van der Waals surface area contributed by atoms with Gasteiger partial charge in [0.05, 0.1) is 16.9 Å². The largest absolute Gasteiger partial charge is 0.506 e. The molecule has 4 aromatic rings. The van der Waals surface area contributed by atoms with E-state index in [4.69, 9.17) is 0 Å². The Morgan fingerprint density at radius 1 is 0.893 bits per heavy atom. The highest BCUT2D eigenvalue weighted by atomic mass is 16.3. The van der Waals surface area contributed by atoms with Crippen molar-refractivity contribution in [3.05, 3.63) is 100 Å². The lowest BCUT2D eigenvalue weighted by atomic mass is 10.1. The number of benzene rings is 3. The van der Waals surface area contributed by atoms with Crippen molar-refractivity contribution in [2.75, 3.05) is 0 Å². The molecule has 0 amide bonds. The molecule has 1 aromatic heterocycles. The van der Waals surface area contributed by atoms with Gasteiger partial charge in [-0.1, -0.05) is 48.5 Å². The van der Waals surface area contributed by atoms with Crippen LogP contribution in [0.25, 0.3) is 16.6 Å². The maximum absolute atomic E-state index is 13.4. The number of aromatic hydroxyl groups is 1. The fourth-order valence-electron chi connectivity index (χ4n) is 3.41. The van der Waals surface area contributed by atoms with Gasteiger partial charge in [-0.2, -0.15) is 0 Å². The lowest BCUT2D eigenvalue weighted by molar-refractivity contribution is 0.478. The first-order valence-electron chi connectivity index (χ1n) is 9.11. The van der Waals surface area contributed by atoms with Gasteiger partial charge in [0.25, 0.3) is 5.56 Å². The van der Waals surface area contributed by atoms with Gasteiger partial charge < -0.3 is 5.11 Å². The lowest BCUT2D eigenvalue weighted by Gasteiger charge is -2.15. The monoisotopic (exact) mass is 368 g/mol. The van der Waals surface area contributed by atoms with E-state index in [0.717, 1.165) is 16.9 Å². The van der Waals surface area contributed by atoms with Crippen LogP contribution in [-0.2, 0) is 0 Å². The number of aryl methyl sites for hydroxylation is 1. The SMILES string of the molecule is CC(=Nc1ccccc1C)c1c(O)c2ccccc2n(-c2ccccc2)c1=O. The van der Waals surface area contributed by atoms with Crippen LogP contribution in [0.1, 0.15) is 18.1 Å². The quantitative estimate of drug-likeness (QED) is 0.509. The summed E-state index contributed by atoms with van der Waals surface area (Å²) in [6.45, 7) is 3.72. The predicted octanol–water partition coefficient (Wildman–Crippen LogP) is 5.15. The van der Waals surface area contributed by atoms with Gasteiger partial charge in [0.2, 0.25) is 0 Å². The van der Waals surface area contributed by atoms with Gasteiger partial charge in [0.1, 0.15) is 11.3 Å². The highest BCUT2D eigenvalue weighted by Gasteiger charge is 2.19. The second kappa shape index (κ2) is 7.16. The summed E-state index contributed by atoms with van der Waals surface area (Å²) < 4.78 is 1.63. The zero-order valence-electron chi connectivity index (χ0n) is 15.8. The Balaban J connectivity index is 2.05. The van der Waals surface area contributed by atoms with Crippen LogP contribution in [0.3, 0.4) is 0 Å². The van der Waals surface area contributed by atoms with E-state index in [2.05, 4.69) is 4.99 Å². The molecule has 138 valence electrons. The summed E-state index contributed by atoms with van der Waals surface area (Å²) in [5.41, 5.74) is 3.58. The zero-order valence-corrected chi connectivity index (χ0v) is 15.8. The highest BCUT2D eigenvalue weighted by molar-refractivity contribution is 6.06. The molecule has 1 N–H and O–H groups in total. The zero-order chi connectivity index (χ0) is 19.7. The number of hydrogen-bond donors (Lipinski definition) is 1. The van der Waals surface area contributed by atoms with Crippen LogP contribution in [-0.4, -0.2) is 15.4 Å². The molecule has 0 aliphatic rings. The van der Waals surface area contributed by atoms with Gasteiger partial charge in [-0.15, -0.1) is 0 Å². The normalized spacial score (nSPS) is 11.7. The van der Waals surface area contributed by atoms with Crippen LogP contribution in [0, 0.1) is 6.92 Å². The van der Waals surface area contributed by atoms with E-state index in [1.165, 1.54) is 0 Å². The van der Waals surface area contributed by atoms with Crippen molar-refractivity contribution in [1.29, 1.82) is 0 Å². The second-order valence-electron chi connectivity index (χ2n) is 6.70. The van der Waals surface area contributed by atoms with Crippen LogP contribution < -0.4 is 5.56 Å². The molecule has 1 heterocycles. The summed E-state index contributed by atoms with van der Waals surface area (Å²) >= 11 is 0. The van der Waals surface area contributed by atoms with E-state index in [1.807, 2.05) is 85.8 Å². The minimum absolute atomic E-state index is 0.0392. The Morgan fingerprint density at radius 3 is 2.29 bits per heavy atom. The molecule has 0 bridgehead atoms. The number of nitrogens with zero attached hydrogens (tertiary/aromatic N) is 2. The summed E-state index contributed by atoms with van der Waals surface area (Å²) in [6.07, 6.45) is 0. The van der Waals surface area contributed by atoms with Crippen LogP contribution in [0.2, 0.25) is 0 Å². The molecule has 0 saturated heterocycles. The van der Waals surface area contributed by atoms with Crippen molar-refractivity contribution in [1.82, 2.24) is 4.57 Å². The first kappa shape index (κ1) is 17.7. The number of fused-ring (bicyclic) bond motifs is 1. The van der Waals surface area contributed by atoms with E-state index >= 15 is 0 Å². The first-order chi connectivity index (χ1) is 13.6. The number of rotatable bonds is 3. The fourth-order valence-corrected chi connectivity index (χ4v) is 3.41. The molecule has 0 saturated carbocycles. The van der Waals surface area contributed by atoms with Crippen molar-refractivity contribution < 1.29 is 5.11 Å². The van der Waals surface area contributed by atoms with Gasteiger partial charge in [-0.3, -0.25) is 14.4 Å². The topological polar surface area (TPSA) is 54.6 Å². The third-order valence-electron chi connectivity index (χ3n) is 4.83. The summed E-state index contributed by atoms with van der Waals surface area (Å²) in [5.74, 6) is -0.0392. The van der Waals surface area contributed by atoms with E-state index < -0.39 is 0 Å². The van der Waals surface area contributed by atoms with Crippen LogP contribution in [0.5, 0.6) is 5.75 Å². The number of aliphatic imine (C=N–C) groups is 1. The van der Waals surface area contributed by atoms with Crippen molar-refractivity contribution in [3.8, 4) is 11.4 Å². The van der Waals surface area contributed by atoms with Crippen molar-refractivity contribution in [2.45, 2.75) is 13.8 Å². The first-order valence-corrected chi connectivity index (χ1v) is 9.11. The second-order valence-corrected chi connectivity index (χ2v) is 6.70. The average Bonchev–Trinajstić information content (AvgIpc) is 2.71. The fraction of sp³-hybridized carbons (Fsp3) is 0.0833. The third-order valence-corrected chi connectivity index (χ3v) is 4.83. The van der Waals surface area contributed by atoms with E-state index in [-0.39, 0.29) is 16.9 Å². The average molecular weight is 368 g/mol. The molecule has 3 aromatic carbocycles. The van der Waals surface area contributed by atoms with Crippen molar-refractivity contribution in [2.24, 2.45) is 4.99 Å². The molecule has 0 aliphatic heterocycles. The Morgan fingerprint density at radius 2 is 1.54 bits per heavy atom. The molecule has 0 fully saturated rings. The van der Waals surface area contributed by atoms with Crippen molar-refractivity contribution >= 4 is 22.3 Å². The van der Waals surface area contributed by atoms with E-state index in [9.17, 15) is 9.90 Å². The number of hydrogen-bond acceptors (Lipinski definition) is 3. The maximum Gasteiger partial charge on any atom is 0.268 e. The van der Waals surface area contributed by atoms with Crippen molar-refractivity contribution in [3.63, 3.8) is 0 Å². The molecule has 4 nitrogen and oxygen atoms in total. The molecule has 4 rings (SSSR count). The minimum Gasteiger partial charge on any atom is -0.506 e. The van der Waals surface area contributed by atoms with E-state index in [0.29, 0.717) is 16.6 Å². The minimum atomic E-state index is -0.294. The molecule has 0 atom stereocenters. The Hall–Kier alpha value is -3.66. The summed E-state index contributed by atoms with van der Waals surface area (Å²) in [7, 11) is 0. The lowest BCUT2D eigenvalue weighted by Crippen LogP contribution is -2.25. The van der Waals surface area contributed by atoms with E-state index in [1.54, 1.807) is 11.5 Å². The smallest absolute Gasteiger partial charge is 0.268 e. The molecule has 0 spiro atoms. The molecule has 0 radical (unpaired) electrons. The molecule has 0 aliphatic carbocycles. The van der Waals surface area contributed by atoms with Gasteiger partial charge in [-0.05, 0) is 49.7 Å². The van der Waals surface area contributed by atoms with Gasteiger partial charge >= 0.3 is 0 Å². The van der Waals surface area contributed by atoms with Gasteiger partial charge in [0, 0.05) is 11.1 Å². The molecular formula is C24H20N2O2. The summed E-state index contributed by atoms with van der Waals surface area (Å²) in [6, 6.07) is 24.5. The van der Waals surface area contributed by atoms with Crippen LogP contribution >= 0.6 is 0 Å². The number of para-hydroxylation sites is 3. The predicted molar refractivity (Wildman–Crippen MR) is 114 cm³/mol. The van der Waals surface area contributed by atoms with Crippen LogP contribution in [0.15, 0.2) is 88.6 Å². The molecule has 0 unspecified atom stereocenters. The van der Waals surface area contributed by atoms with Gasteiger partial charge in [-0.25, -0.2) is 0 Å². The van der Waals surface area contributed by atoms with Crippen LogP contribution in [0.4, 0.5) is 5.69 Å². The number of aromatic nitrogens is 1. The standard InChI is InChI=1S/C24H20N2O2/c1-16-10-6-8-14-20(16)25-17(2)22-23(27)19-13-7-9-15-21(19)26(24(22)28)18-11-4-3-5-12-18/h3-15,27H,1-2H3. The summed E-state index contributed by atoms with van der Waals surface area (Å²) in [5, 5.41) is 11.5. The highest BCUT2D eigenvalue weighted by Crippen LogP contribution is 2.29. The Labute approximate surface area is 163 Å². The van der Waals surface area contributed by atoms with Gasteiger partial charge in [0.15, 0.2) is 0 Å². The maximum atomic E-state index is 13.4. The Kier molecular flexibility index (Phi) is 4.53. The molecular weight excluding hydrogens is 348 g/mol. The molecule has 28 heavy (non-hydrogen) atoms.